The van der Waals surface area contributed by atoms with Gasteiger partial charge in [0, 0.05) is 5.56 Å². The van der Waals surface area contributed by atoms with Crippen LogP contribution in [0.5, 0.6) is 0 Å². The van der Waals surface area contributed by atoms with Crippen molar-refractivity contribution in [2.45, 2.75) is 18.3 Å². The summed E-state index contributed by atoms with van der Waals surface area (Å²) in [6.07, 6.45) is 1.65. The van der Waals surface area contributed by atoms with Crippen molar-refractivity contribution < 1.29 is 4.39 Å². The Balaban J connectivity index is 1.66. The number of hydrogen-bond donors (Lipinski definition) is 0. The monoisotopic (exact) mass is 313 g/mol. The van der Waals surface area contributed by atoms with Gasteiger partial charge >= 0.3 is 0 Å². The molecule has 116 valence electrons. The van der Waals surface area contributed by atoms with E-state index in [9.17, 15) is 9.65 Å². The number of rotatable bonds is 3. The van der Waals surface area contributed by atoms with Gasteiger partial charge in [-0.05, 0) is 41.2 Å². The number of benzene rings is 3. The predicted octanol–water partition coefficient (Wildman–Crippen LogP) is 5.71. The molecular formula is C22H16FN. The number of nitrogens with zero attached hydrogens (tertiary/aromatic N) is 1. The maximum atomic E-state index is 14.5. The molecule has 0 aromatic heterocycles. The van der Waals surface area contributed by atoms with Gasteiger partial charge in [0.2, 0.25) is 0 Å². The van der Waals surface area contributed by atoms with Crippen molar-refractivity contribution in [3.8, 4) is 28.3 Å². The molecule has 1 aliphatic rings. The Hall–Kier alpha value is -2.92. The molecule has 0 unspecified atom stereocenters. The van der Waals surface area contributed by atoms with Crippen molar-refractivity contribution in [3.05, 3.63) is 84.2 Å². The molecule has 1 fully saturated rings. The van der Waals surface area contributed by atoms with Crippen molar-refractivity contribution in [1.82, 2.24) is 0 Å². The third-order valence-electron chi connectivity index (χ3n) is 4.79. The number of halogens is 1. The lowest BCUT2D eigenvalue weighted by Crippen LogP contribution is -2.03. The molecule has 0 aliphatic heterocycles. The van der Waals surface area contributed by atoms with E-state index in [1.807, 2.05) is 48.5 Å². The lowest BCUT2D eigenvalue weighted by atomic mass is 9.94. The van der Waals surface area contributed by atoms with E-state index >= 15 is 0 Å². The number of nitriles is 1. The minimum Gasteiger partial charge on any atom is -0.206 e. The molecule has 0 bridgehead atoms. The van der Waals surface area contributed by atoms with Crippen LogP contribution in [0.2, 0.25) is 0 Å². The molecule has 1 saturated carbocycles. The summed E-state index contributed by atoms with van der Waals surface area (Å²) in [4.78, 5) is 0. The Morgan fingerprint density at radius 1 is 0.792 bits per heavy atom. The SMILES string of the molecule is N#CC1(c2ccc(-c3ccc(-c4ccccc4)cc3)c(F)c2)CC1. The van der Waals surface area contributed by atoms with Crippen LogP contribution in [0.4, 0.5) is 4.39 Å². The highest BCUT2D eigenvalue weighted by Gasteiger charge is 2.45. The van der Waals surface area contributed by atoms with Gasteiger partial charge in [-0.25, -0.2) is 4.39 Å². The highest BCUT2D eigenvalue weighted by molar-refractivity contribution is 5.71. The molecule has 0 amide bonds. The summed E-state index contributed by atoms with van der Waals surface area (Å²) >= 11 is 0. The summed E-state index contributed by atoms with van der Waals surface area (Å²) in [5, 5.41) is 9.25. The highest BCUT2D eigenvalue weighted by atomic mass is 19.1. The molecule has 24 heavy (non-hydrogen) atoms. The molecule has 1 nitrogen and oxygen atoms in total. The van der Waals surface area contributed by atoms with E-state index in [1.165, 1.54) is 6.07 Å². The van der Waals surface area contributed by atoms with Crippen molar-refractivity contribution in [3.63, 3.8) is 0 Å². The van der Waals surface area contributed by atoms with Gasteiger partial charge in [-0.15, -0.1) is 0 Å². The van der Waals surface area contributed by atoms with Gasteiger partial charge in [0.25, 0.3) is 0 Å². The fraction of sp³-hybridized carbons (Fsp3) is 0.136. The van der Waals surface area contributed by atoms with Crippen LogP contribution in [0.15, 0.2) is 72.8 Å². The first kappa shape index (κ1) is 14.7. The van der Waals surface area contributed by atoms with Crippen LogP contribution in [0, 0.1) is 17.1 Å². The Kier molecular flexibility index (Phi) is 3.43. The van der Waals surface area contributed by atoms with E-state index in [0.29, 0.717) is 5.56 Å². The normalized spacial score (nSPS) is 14.8. The summed E-state index contributed by atoms with van der Waals surface area (Å²) in [5.41, 5.74) is 4.03. The molecule has 4 rings (SSSR count). The topological polar surface area (TPSA) is 23.8 Å². The Labute approximate surface area is 141 Å². The first-order valence-electron chi connectivity index (χ1n) is 8.09. The van der Waals surface area contributed by atoms with Gasteiger partial charge in [-0.2, -0.15) is 5.26 Å². The van der Waals surface area contributed by atoms with E-state index in [0.717, 1.165) is 35.1 Å². The smallest absolute Gasteiger partial charge is 0.131 e. The fourth-order valence-corrected chi connectivity index (χ4v) is 3.11. The lowest BCUT2D eigenvalue weighted by molar-refractivity contribution is 0.627. The van der Waals surface area contributed by atoms with Crippen LogP contribution < -0.4 is 0 Å². The third-order valence-corrected chi connectivity index (χ3v) is 4.79. The molecule has 0 radical (unpaired) electrons. The van der Waals surface area contributed by atoms with Crippen LogP contribution in [-0.4, -0.2) is 0 Å². The second-order valence-corrected chi connectivity index (χ2v) is 6.33. The lowest BCUT2D eigenvalue weighted by Gasteiger charge is -2.10. The average molecular weight is 313 g/mol. The molecule has 1 aliphatic carbocycles. The summed E-state index contributed by atoms with van der Waals surface area (Å²) in [5.74, 6) is -0.263. The van der Waals surface area contributed by atoms with Crippen LogP contribution in [0.1, 0.15) is 18.4 Å². The minimum absolute atomic E-state index is 0.263. The van der Waals surface area contributed by atoms with Gasteiger partial charge in [-0.1, -0.05) is 66.7 Å². The van der Waals surface area contributed by atoms with Crippen LogP contribution >= 0.6 is 0 Å². The maximum Gasteiger partial charge on any atom is 0.131 e. The summed E-state index contributed by atoms with van der Waals surface area (Å²) in [6.45, 7) is 0. The first-order valence-corrected chi connectivity index (χ1v) is 8.09. The van der Waals surface area contributed by atoms with Crippen LogP contribution in [0.25, 0.3) is 22.3 Å². The quantitative estimate of drug-likeness (QED) is 0.607. The van der Waals surface area contributed by atoms with E-state index in [1.54, 1.807) is 6.07 Å². The molecule has 0 atom stereocenters. The van der Waals surface area contributed by atoms with Crippen LogP contribution in [0.3, 0.4) is 0 Å². The van der Waals surface area contributed by atoms with E-state index in [2.05, 4.69) is 18.2 Å². The van der Waals surface area contributed by atoms with E-state index in [4.69, 9.17) is 0 Å². The minimum atomic E-state index is -0.448. The van der Waals surface area contributed by atoms with E-state index < -0.39 is 5.41 Å². The molecule has 3 aromatic carbocycles. The van der Waals surface area contributed by atoms with Gasteiger partial charge in [0.1, 0.15) is 5.82 Å². The molecule has 2 heteroatoms. The Bertz CT molecular complexity index is 916. The second kappa shape index (κ2) is 5.62. The standard InChI is InChI=1S/C22H16FN/c23-21-14-19(22(15-24)12-13-22)10-11-20(21)18-8-6-17(7-9-18)16-4-2-1-3-5-16/h1-11,14H,12-13H2. The van der Waals surface area contributed by atoms with Crippen LogP contribution in [-0.2, 0) is 5.41 Å². The second-order valence-electron chi connectivity index (χ2n) is 6.33. The Morgan fingerprint density at radius 2 is 1.42 bits per heavy atom. The zero-order valence-electron chi connectivity index (χ0n) is 13.2. The molecule has 0 N–H and O–H groups in total. The average Bonchev–Trinajstić information content (AvgIpc) is 3.44. The summed E-state index contributed by atoms with van der Waals surface area (Å²) < 4.78 is 14.5. The zero-order chi connectivity index (χ0) is 16.6. The zero-order valence-corrected chi connectivity index (χ0v) is 13.2. The summed E-state index contributed by atoms with van der Waals surface area (Å²) in [6, 6.07) is 25.5. The van der Waals surface area contributed by atoms with Crippen molar-refractivity contribution >= 4 is 0 Å². The van der Waals surface area contributed by atoms with Crippen molar-refractivity contribution in [1.29, 1.82) is 5.26 Å². The molecule has 3 aromatic rings. The van der Waals surface area contributed by atoms with Gasteiger partial charge in [0.05, 0.1) is 11.5 Å². The largest absolute Gasteiger partial charge is 0.206 e. The predicted molar refractivity (Wildman–Crippen MR) is 93.8 cm³/mol. The third kappa shape index (κ3) is 2.49. The number of hydrogen-bond acceptors (Lipinski definition) is 1. The maximum absolute atomic E-state index is 14.5. The van der Waals surface area contributed by atoms with E-state index in [-0.39, 0.29) is 5.82 Å². The van der Waals surface area contributed by atoms with Crippen molar-refractivity contribution in [2.24, 2.45) is 0 Å². The molecule has 0 saturated heterocycles. The fourth-order valence-electron chi connectivity index (χ4n) is 3.11. The van der Waals surface area contributed by atoms with Gasteiger partial charge in [-0.3, -0.25) is 0 Å². The highest BCUT2D eigenvalue weighted by Crippen LogP contribution is 2.48. The van der Waals surface area contributed by atoms with Gasteiger partial charge < -0.3 is 0 Å². The molecule has 0 heterocycles. The summed E-state index contributed by atoms with van der Waals surface area (Å²) in [7, 11) is 0. The Morgan fingerprint density at radius 3 is 2.00 bits per heavy atom. The van der Waals surface area contributed by atoms with Gasteiger partial charge in [0.15, 0.2) is 0 Å². The molecule has 0 spiro atoms. The molecular weight excluding hydrogens is 297 g/mol. The first-order chi connectivity index (χ1) is 11.7. The van der Waals surface area contributed by atoms with Crippen molar-refractivity contribution in [2.75, 3.05) is 0 Å².